The molecule has 4 atom stereocenters. The molecule has 0 amide bonds. The van der Waals surface area contributed by atoms with Crippen molar-refractivity contribution in [1.82, 2.24) is 0 Å². The van der Waals surface area contributed by atoms with Crippen LogP contribution in [-0.2, 0) is 16.0 Å². The van der Waals surface area contributed by atoms with Crippen molar-refractivity contribution in [1.29, 1.82) is 0 Å². The molecule has 2 unspecified atom stereocenters. The summed E-state index contributed by atoms with van der Waals surface area (Å²) in [5.41, 5.74) is 4.07. The van der Waals surface area contributed by atoms with Crippen LogP contribution in [0.2, 0.25) is 10.0 Å². The fraction of sp³-hybridized carbons (Fsp3) is 0.348. The average molecular weight is 415 g/mol. The number of ketones is 1. The molecule has 5 rings (SSSR count). The average Bonchev–Trinajstić information content (AvgIpc) is 3.35. The maximum atomic E-state index is 13.3. The summed E-state index contributed by atoms with van der Waals surface area (Å²) in [7, 11) is 0. The van der Waals surface area contributed by atoms with Crippen LogP contribution in [0.15, 0.2) is 42.2 Å². The molecule has 0 radical (unpaired) electrons. The highest BCUT2D eigenvalue weighted by molar-refractivity contribution is 6.36. The maximum Gasteiger partial charge on any atom is 0.173 e. The predicted octanol–water partition coefficient (Wildman–Crippen LogP) is 5.87. The highest BCUT2D eigenvalue weighted by atomic mass is 35.5. The normalized spacial score (nSPS) is 28.3. The molecule has 2 aromatic rings. The van der Waals surface area contributed by atoms with Crippen molar-refractivity contribution in [3.8, 4) is 11.1 Å². The zero-order valence-electron chi connectivity index (χ0n) is 15.4. The van der Waals surface area contributed by atoms with Gasteiger partial charge in [-0.15, -0.1) is 0 Å². The lowest BCUT2D eigenvalue weighted by atomic mass is 9.80. The Labute approximate surface area is 173 Å². The number of fused-ring (bicyclic) bond motifs is 5. The SMILES string of the molecule is CCc1ccc(-c2ccc(Cl)cc2Cl)cc1C1=C(O)[C@@H]2C3CCC(O3)[C@@H]2C1=O. The van der Waals surface area contributed by atoms with E-state index in [-0.39, 0.29) is 35.6 Å². The molecule has 1 N–H and O–H groups in total. The monoisotopic (exact) mass is 414 g/mol. The smallest absolute Gasteiger partial charge is 0.173 e. The molecular weight excluding hydrogens is 395 g/mol. The Kier molecular flexibility index (Phi) is 4.31. The van der Waals surface area contributed by atoms with E-state index in [1.807, 2.05) is 24.3 Å². The second-order valence-electron chi connectivity index (χ2n) is 7.82. The van der Waals surface area contributed by atoms with Crippen LogP contribution in [0.25, 0.3) is 16.7 Å². The third kappa shape index (κ3) is 2.57. The van der Waals surface area contributed by atoms with Gasteiger partial charge in [0.2, 0.25) is 0 Å². The van der Waals surface area contributed by atoms with Crippen molar-refractivity contribution in [3.05, 3.63) is 63.3 Å². The number of hydrogen-bond acceptors (Lipinski definition) is 3. The highest BCUT2D eigenvalue weighted by Gasteiger charge is 2.59. The lowest BCUT2D eigenvalue weighted by Gasteiger charge is -2.19. The van der Waals surface area contributed by atoms with Gasteiger partial charge in [0, 0.05) is 15.6 Å². The standard InChI is InChI=1S/C23H20Cl2O3/c1-2-11-3-4-12(14-6-5-13(24)10-16(14)25)9-15(11)19-22(26)20-17-7-8-18(28-17)21(20)23(19)27/h3-6,9-10,17-18,20-21,26H,2,7-8H2,1H3/t17?,18?,20-,21+/m1/s1. The molecule has 2 bridgehead atoms. The van der Waals surface area contributed by atoms with E-state index in [0.717, 1.165) is 41.5 Å². The number of rotatable bonds is 3. The van der Waals surface area contributed by atoms with Crippen LogP contribution >= 0.6 is 23.2 Å². The van der Waals surface area contributed by atoms with Gasteiger partial charge in [0.15, 0.2) is 5.78 Å². The number of carbonyl (C=O) groups excluding carboxylic acids is 1. The van der Waals surface area contributed by atoms with E-state index >= 15 is 0 Å². The van der Waals surface area contributed by atoms with Gasteiger partial charge >= 0.3 is 0 Å². The van der Waals surface area contributed by atoms with Gasteiger partial charge in [-0.3, -0.25) is 4.79 Å². The molecule has 144 valence electrons. The molecule has 3 nitrogen and oxygen atoms in total. The van der Waals surface area contributed by atoms with E-state index in [0.29, 0.717) is 15.6 Å². The highest BCUT2D eigenvalue weighted by Crippen LogP contribution is 2.54. The minimum Gasteiger partial charge on any atom is -0.511 e. The Morgan fingerprint density at radius 2 is 1.79 bits per heavy atom. The number of benzene rings is 2. The minimum absolute atomic E-state index is 0.0174. The van der Waals surface area contributed by atoms with Crippen molar-refractivity contribution in [3.63, 3.8) is 0 Å². The molecule has 0 spiro atoms. The number of hydrogen-bond donors (Lipinski definition) is 1. The van der Waals surface area contributed by atoms with Gasteiger partial charge in [-0.25, -0.2) is 0 Å². The van der Waals surface area contributed by atoms with Crippen LogP contribution in [0, 0.1) is 11.8 Å². The van der Waals surface area contributed by atoms with Gasteiger partial charge in [-0.2, -0.15) is 0 Å². The Morgan fingerprint density at radius 3 is 2.46 bits per heavy atom. The lowest BCUT2D eigenvalue weighted by molar-refractivity contribution is -0.118. The summed E-state index contributed by atoms with van der Waals surface area (Å²) in [6.07, 6.45) is 2.50. The zero-order chi connectivity index (χ0) is 19.6. The summed E-state index contributed by atoms with van der Waals surface area (Å²) in [6.45, 7) is 2.05. The number of allylic oxidation sites excluding steroid dienone is 1. The molecule has 3 aliphatic rings. The molecule has 2 aromatic carbocycles. The minimum atomic E-state index is -0.235. The van der Waals surface area contributed by atoms with Crippen molar-refractivity contribution in [2.24, 2.45) is 11.8 Å². The van der Waals surface area contributed by atoms with Crippen LogP contribution in [0.1, 0.15) is 30.9 Å². The summed E-state index contributed by atoms with van der Waals surface area (Å²) in [5.74, 6) is -0.199. The summed E-state index contributed by atoms with van der Waals surface area (Å²) in [6, 6.07) is 11.4. The molecule has 28 heavy (non-hydrogen) atoms. The molecule has 5 heteroatoms. The first kappa shape index (κ1) is 18.2. The van der Waals surface area contributed by atoms with Gasteiger partial charge in [0.05, 0.1) is 29.6 Å². The summed E-state index contributed by atoms with van der Waals surface area (Å²) < 4.78 is 5.90. The van der Waals surface area contributed by atoms with Crippen LogP contribution in [0.5, 0.6) is 0 Å². The first-order valence-corrected chi connectivity index (χ1v) is 10.5. The molecule has 1 aliphatic carbocycles. The third-order valence-corrected chi connectivity index (χ3v) is 6.94. The van der Waals surface area contributed by atoms with Gasteiger partial charge in [0.25, 0.3) is 0 Å². The Hall–Kier alpha value is -1.81. The van der Waals surface area contributed by atoms with E-state index in [2.05, 4.69) is 6.92 Å². The number of aliphatic hydroxyl groups is 1. The Bertz CT molecular complexity index is 1030. The first-order valence-electron chi connectivity index (χ1n) is 9.71. The van der Waals surface area contributed by atoms with Gasteiger partial charge in [-0.05, 0) is 54.2 Å². The van der Waals surface area contributed by atoms with E-state index in [9.17, 15) is 9.90 Å². The number of aryl methyl sites for hydroxylation is 1. The second-order valence-corrected chi connectivity index (χ2v) is 8.66. The number of carbonyl (C=O) groups is 1. The predicted molar refractivity (Wildman–Crippen MR) is 111 cm³/mol. The van der Waals surface area contributed by atoms with Crippen molar-refractivity contribution >= 4 is 34.6 Å². The van der Waals surface area contributed by atoms with Crippen molar-refractivity contribution < 1.29 is 14.6 Å². The summed E-state index contributed by atoms with van der Waals surface area (Å²) in [5, 5.41) is 12.1. The number of aliphatic hydroxyl groups excluding tert-OH is 1. The number of halogens is 2. The summed E-state index contributed by atoms with van der Waals surface area (Å²) >= 11 is 12.4. The first-order chi connectivity index (χ1) is 13.5. The van der Waals surface area contributed by atoms with E-state index in [4.69, 9.17) is 27.9 Å². The second kappa shape index (κ2) is 6.62. The van der Waals surface area contributed by atoms with Crippen LogP contribution in [0.4, 0.5) is 0 Å². The summed E-state index contributed by atoms with van der Waals surface area (Å²) in [4.78, 5) is 13.3. The molecule has 0 aromatic heterocycles. The van der Waals surface area contributed by atoms with Crippen molar-refractivity contribution in [2.75, 3.05) is 0 Å². The van der Waals surface area contributed by atoms with Gasteiger partial charge in [0.1, 0.15) is 5.76 Å². The van der Waals surface area contributed by atoms with Crippen molar-refractivity contribution in [2.45, 2.75) is 38.4 Å². The Morgan fingerprint density at radius 1 is 1.04 bits per heavy atom. The maximum absolute atomic E-state index is 13.3. The molecule has 0 saturated carbocycles. The fourth-order valence-electron chi connectivity index (χ4n) is 5.10. The largest absolute Gasteiger partial charge is 0.511 e. The topological polar surface area (TPSA) is 46.5 Å². The molecular formula is C23H20Cl2O3. The molecule has 2 aliphatic heterocycles. The number of ether oxygens (including phenoxy) is 1. The Balaban J connectivity index is 1.64. The van der Waals surface area contributed by atoms with Crippen LogP contribution < -0.4 is 0 Å². The molecule has 2 fully saturated rings. The van der Waals surface area contributed by atoms with E-state index < -0.39 is 0 Å². The molecule has 2 saturated heterocycles. The van der Waals surface area contributed by atoms with Gasteiger partial charge in [-0.1, -0.05) is 48.3 Å². The third-order valence-electron chi connectivity index (χ3n) is 6.40. The van der Waals surface area contributed by atoms with Gasteiger partial charge < -0.3 is 9.84 Å². The quantitative estimate of drug-likeness (QED) is 0.682. The lowest BCUT2D eigenvalue weighted by Crippen LogP contribution is -2.29. The molecule has 2 heterocycles. The fourth-order valence-corrected chi connectivity index (χ4v) is 5.61. The van der Waals surface area contributed by atoms with Crippen LogP contribution in [0.3, 0.4) is 0 Å². The van der Waals surface area contributed by atoms with E-state index in [1.54, 1.807) is 12.1 Å². The number of Topliss-reactive ketones (excluding diaryl/α,β-unsaturated/α-hetero) is 1. The zero-order valence-corrected chi connectivity index (χ0v) is 16.9. The van der Waals surface area contributed by atoms with E-state index in [1.165, 1.54) is 0 Å². The van der Waals surface area contributed by atoms with Crippen LogP contribution in [-0.4, -0.2) is 23.1 Å².